The van der Waals surface area contributed by atoms with E-state index in [0.717, 1.165) is 12.0 Å². The molecule has 76 valence electrons. The second kappa shape index (κ2) is 7.21. The quantitative estimate of drug-likeness (QED) is 0.618. The Morgan fingerprint density at radius 2 is 1.64 bits per heavy atom. The van der Waals surface area contributed by atoms with E-state index in [0.29, 0.717) is 5.92 Å². The minimum atomic E-state index is 0.710. The third-order valence-electron chi connectivity index (χ3n) is 1.76. The van der Waals surface area contributed by atoms with Crippen molar-refractivity contribution < 1.29 is 0 Å². The Labute approximate surface area is 88.4 Å². The van der Waals surface area contributed by atoms with Gasteiger partial charge in [-0.3, -0.25) is 0 Å². The summed E-state index contributed by atoms with van der Waals surface area (Å²) in [5.74, 6) is 3.32. The molecule has 1 rings (SSSR count). The van der Waals surface area contributed by atoms with Crippen molar-refractivity contribution >= 4 is 0 Å². The van der Waals surface area contributed by atoms with Gasteiger partial charge in [-0.2, -0.15) is 0 Å². The highest BCUT2D eigenvalue weighted by Gasteiger charge is 1.96. The SMILES string of the molecule is C#Cc1ccc(CC(C)C)cc1.CC. The molecule has 0 atom stereocenters. The van der Waals surface area contributed by atoms with Gasteiger partial charge in [0.15, 0.2) is 0 Å². The van der Waals surface area contributed by atoms with E-state index < -0.39 is 0 Å². The van der Waals surface area contributed by atoms with E-state index in [4.69, 9.17) is 6.42 Å². The van der Waals surface area contributed by atoms with Crippen molar-refractivity contribution in [3.8, 4) is 12.3 Å². The number of hydrogen-bond acceptors (Lipinski definition) is 0. The fourth-order valence-electron chi connectivity index (χ4n) is 1.21. The van der Waals surface area contributed by atoms with Crippen LogP contribution >= 0.6 is 0 Å². The van der Waals surface area contributed by atoms with Crippen molar-refractivity contribution in [3.05, 3.63) is 35.4 Å². The molecule has 0 fully saturated rings. The molecule has 0 spiro atoms. The summed E-state index contributed by atoms with van der Waals surface area (Å²) in [5.41, 5.74) is 2.33. The first-order valence-electron chi connectivity index (χ1n) is 5.28. The second-order valence-electron chi connectivity index (χ2n) is 3.44. The summed E-state index contributed by atoms with van der Waals surface area (Å²) in [5, 5.41) is 0. The van der Waals surface area contributed by atoms with Gasteiger partial charge in [-0.25, -0.2) is 0 Å². The van der Waals surface area contributed by atoms with Crippen molar-refractivity contribution in [3.63, 3.8) is 0 Å². The fourth-order valence-corrected chi connectivity index (χ4v) is 1.21. The first-order valence-corrected chi connectivity index (χ1v) is 5.28. The predicted molar refractivity (Wildman–Crippen MR) is 64.3 cm³/mol. The molecule has 0 aliphatic heterocycles. The number of terminal acetylenes is 1. The van der Waals surface area contributed by atoms with Gasteiger partial charge in [0.1, 0.15) is 0 Å². The zero-order valence-corrected chi connectivity index (χ0v) is 9.67. The number of rotatable bonds is 2. The van der Waals surface area contributed by atoms with Crippen LogP contribution in [-0.2, 0) is 6.42 Å². The molecular formula is C14H20. The van der Waals surface area contributed by atoms with Gasteiger partial charge in [0, 0.05) is 5.56 Å². The van der Waals surface area contributed by atoms with Gasteiger partial charge in [-0.05, 0) is 30.0 Å². The molecule has 0 aromatic heterocycles. The Kier molecular flexibility index (Phi) is 6.58. The average molecular weight is 188 g/mol. The highest BCUT2D eigenvalue weighted by molar-refractivity contribution is 5.34. The number of benzene rings is 1. The van der Waals surface area contributed by atoms with E-state index >= 15 is 0 Å². The Morgan fingerprint density at radius 1 is 1.14 bits per heavy atom. The van der Waals surface area contributed by atoms with Crippen LogP contribution in [0.15, 0.2) is 24.3 Å². The summed E-state index contributed by atoms with van der Waals surface area (Å²) in [7, 11) is 0. The third-order valence-corrected chi connectivity index (χ3v) is 1.76. The van der Waals surface area contributed by atoms with Gasteiger partial charge < -0.3 is 0 Å². The molecule has 14 heavy (non-hydrogen) atoms. The van der Waals surface area contributed by atoms with E-state index in [1.54, 1.807) is 0 Å². The highest BCUT2D eigenvalue weighted by atomic mass is 14.0. The molecular weight excluding hydrogens is 168 g/mol. The molecule has 0 heterocycles. The molecule has 0 amide bonds. The lowest BCUT2D eigenvalue weighted by Crippen LogP contribution is -1.93. The van der Waals surface area contributed by atoms with Gasteiger partial charge in [0.2, 0.25) is 0 Å². The van der Waals surface area contributed by atoms with Crippen molar-refractivity contribution in [2.45, 2.75) is 34.1 Å². The topological polar surface area (TPSA) is 0 Å². The lowest BCUT2D eigenvalue weighted by molar-refractivity contribution is 0.647. The highest BCUT2D eigenvalue weighted by Crippen LogP contribution is 2.08. The first-order chi connectivity index (χ1) is 6.72. The maximum absolute atomic E-state index is 5.25. The summed E-state index contributed by atoms with van der Waals surface area (Å²) in [6, 6.07) is 8.21. The third kappa shape index (κ3) is 4.72. The molecule has 1 aromatic rings. The van der Waals surface area contributed by atoms with Crippen molar-refractivity contribution in [2.75, 3.05) is 0 Å². The van der Waals surface area contributed by atoms with Gasteiger partial charge in [-0.15, -0.1) is 6.42 Å². The molecule has 0 nitrogen and oxygen atoms in total. The largest absolute Gasteiger partial charge is 0.115 e. The van der Waals surface area contributed by atoms with Gasteiger partial charge in [0.25, 0.3) is 0 Å². The van der Waals surface area contributed by atoms with Crippen molar-refractivity contribution in [1.82, 2.24) is 0 Å². The molecule has 0 saturated carbocycles. The monoisotopic (exact) mass is 188 g/mol. The van der Waals surface area contributed by atoms with E-state index in [2.05, 4.69) is 31.9 Å². The minimum absolute atomic E-state index is 0.710. The molecule has 0 aliphatic carbocycles. The molecule has 0 unspecified atom stereocenters. The zero-order valence-electron chi connectivity index (χ0n) is 9.67. The molecule has 0 saturated heterocycles. The van der Waals surface area contributed by atoms with E-state index in [-0.39, 0.29) is 0 Å². The van der Waals surface area contributed by atoms with Crippen LogP contribution in [0.2, 0.25) is 0 Å². The Morgan fingerprint density at radius 3 is 2.00 bits per heavy atom. The van der Waals surface area contributed by atoms with Crippen LogP contribution in [0.25, 0.3) is 0 Å². The molecule has 0 heteroatoms. The van der Waals surface area contributed by atoms with Crippen molar-refractivity contribution in [1.29, 1.82) is 0 Å². The molecule has 1 aromatic carbocycles. The number of hydrogen-bond donors (Lipinski definition) is 0. The van der Waals surface area contributed by atoms with E-state index in [9.17, 15) is 0 Å². The minimum Gasteiger partial charge on any atom is -0.115 e. The Bertz CT molecular complexity index is 272. The second-order valence-corrected chi connectivity index (χ2v) is 3.44. The summed E-state index contributed by atoms with van der Waals surface area (Å²) in [4.78, 5) is 0. The van der Waals surface area contributed by atoms with Crippen LogP contribution < -0.4 is 0 Å². The maximum atomic E-state index is 5.25. The average Bonchev–Trinajstić information content (AvgIpc) is 2.21. The van der Waals surface area contributed by atoms with Gasteiger partial charge >= 0.3 is 0 Å². The molecule has 0 aliphatic rings. The fraction of sp³-hybridized carbons (Fsp3) is 0.429. The Hall–Kier alpha value is -1.22. The summed E-state index contributed by atoms with van der Waals surface area (Å²) in [6.07, 6.45) is 6.38. The van der Waals surface area contributed by atoms with Crippen LogP contribution in [0.1, 0.15) is 38.8 Å². The summed E-state index contributed by atoms with van der Waals surface area (Å²) >= 11 is 0. The Balaban J connectivity index is 0.000000791. The molecule has 0 bridgehead atoms. The smallest absolute Gasteiger partial charge is 0.0242 e. The van der Waals surface area contributed by atoms with Gasteiger partial charge in [-0.1, -0.05) is 45.7 Å². The normalized spacial score (nSPS) is 8.86. The van der Waals surface area contributed by atoms with Crippen LogP contribution in [0.5, 0.6) is 0 Å². The molecule has 0 N–H and O–H groups in total. The standard InChI is InChI=1S/C12H14.C2H6/c1-4-11-5-7-12(8-6-11)9-10(2)3;1-2/h1,5-8,10H,9H2,2-3H3;1-2H3. The van der Waals surface area contributed by atoms with Crippen molar-refractivity contribution in [2.24, 2.45) is 5.92 Å². The molecule has 0 radical (unpaired) electrons. The summed E-state index contributed by atoms with van der Waals surface area (Å²) < 4.78 is 0. The van der Waals surface area contributed by atoms with Crippen LogP contribution in [0, 0.1) is 18.3 Å². The van der Waals surface area contributed by atoms with Crippen LogP contribution in [-0.4, -0.2) is 0 Å². The van der Waals surface area contributed by atoms with Gasteiger partial charge in [0.05, 0.1) is 0 Å². The predicted octanol–water partition coefficient (Wildman–Crippen LogP) is 3.89. The summed E-state index contributed by atoms with van der Waals surface area (Å²) in [6.45, 7) is 8.43. The lowest BCUT2D eigenvalue weighted by atomic mass is 10.0. The van der Waals surface area contributed by atoms with E-state index in [1.807, 2.05) is 26.0 Å². The van der Waals surface area contributed by atoms with Crippen LogP contribution in [0.3, 0.4) is 0 Å². The first kappa shape index (κ1) is 12.8. The lowest BCUT2D eigenvalue weighted by Gasteiger charge is -2.03. The van der Waals surface area contributed by atoms with Crippen LogP contribution in [0.4, 0.5) is 0 Å². The zero-order chi connectivity index (χ0) is 11.0. The maximum Gasteiger partial charge on any atom is 0.0242 e. The van der Waals surface area contributed by atoms with E-state index in [1.165, 1.54) is 5.56 Å².